The third-order valence-corrected chi connectivity index (χ3v) is 4.73. The summed E-state index contributed by atoms with van der Waals surface area (Å²) < 4.78 is 13.8. The normalized spacial score (nSPS) is 18.0. The van der Waals surface area contributed by atoms with E-state index in [0.717, 1.165) is 30.0 Å². The highest BCUT2D eigenvalue weighted by atomic mass is 19.1. The number of aromatic amines is 1. The van der Waals surface area contributed by atoms with Gasteiger partial charge in [0, 0.05) is 37.2 Å². The van der Waals surface area contributed by atoms with Gasteiger partial charge in [0.15, 0.2) is 0 Å². The minimum absolute atomic E-state index is 0.0104. The van der Waals surface area contributed by atoms with Gasteiger partial charge in [-0.3, -0.25) is 9.69 Å². The van der Waals surface area contributed by atoms with Gasteiger partial charge in [-0.2, -0.15) is 0 Å². The Kier molecular flexibility index (Phi) is 3.73. The van der Waals surface area contributed by atoms with Crippen LogP contribution in [-0.2, 0) is 25.9 Å². The average Bonchev–Trinajstić information content (AvgIpc) is 3.33. The van der Waals surface area contributed by atoms with E-state index in [1.165, 1.54) is 18.9 Å². The minimum atomic E-state index is -0.174. The maximum atomic E-state index is 13.8. The Morgan fingerprint density at radius 1 is 1.30 bits per heavy atom. The number of benzene rings is 1. The first-order valence-corrected chi connectivity index (χ1v) is 8.26. The number of rotatable bonds is 4. The lowest BCUT2D eigenvalue weighted by Gasteiger charge is -2.27. The summed E-state index contributed by atoms with van der Waals surface area (Å²) in [4.78, 5) is 22.0. The Hall–Kier alpha value is -2.01. The Labute approximate surface area is 134 Å². The molecule has 0 radical (unpaired) electrons. The second-order valence-electron chi connectivity index (χ2n) is 6.64. The lowest BCUT2D eigenvalue weighted by Crippen LogP contribution is -2.35. The molecule has 2 aliphatic rings. The third kappa shape index (κ3) is 3.20. The molecule has 1 fully saturated rings. The van der Waals surface area contributed by atoms with Crippen molar-refractivity contribution in [1.82, 2.24) is 14.9 Å². The molecule has 23 heavy (non-hydrogen) atoms. The molecular weight excluding hydrogens is 293 g/mol. The SMILES string of the molecule is O=c1[nH]c(CC2CC2)nc2c1CCN(Cc1ccccc1F)C2. The summed E-state index contributed by atoms with van der Waals surface area (Å²) >= 11 is 0. The molecular formula is C18H20FN3O. The van der Waals surface area contributed by atoms with Gasteiger partial charge in [0.1, 0.15) is 11.6 Å². The van der Waals surface area contributed by atoms with Crippen LogP contribution < -0.4 is 5.56 Å². The second-order valence-corrected chi connectivity index (χ2v) is 6.64. The van der Waals surface area contributed by atoms with Crippen LogP contribution in [0.15, 0.2) is 29.1 Å². The van der Waals surface area contributed by atoms with Crippen molar-refractivity contribution in [1.29, 1.82) is 0 Å². The molecule has 0 spiro atoms. The molecule has 0 amide bonds. The number of hydrogen-bond donors (Lipinski definition) is 1. The quantitative estimate of drug-likeness (QED) is 0.943. The van der Waals surface area contributed by atoms with Crippen molar-refractivity contribution in [3.05, 3.63) is 63.1 Å². The van der Waals surface area contributed by atoms with Gasteiger partial charge in [0.05, 0.1) is 5.69 Å². The van der Waals surface area contributed by atoms with Gasteiger partial charge in [-0.25, -0.2) is 9.37 Å². The summed E-state index contributed by atoms with van der Waals surface area (Å²) in [5.74, 6) is 1.32. The van der Waals surface area contributed by atoms with E-state index in [2.05, 4.69) is 14.9 Å². The van der Waals surface area contributed by atoms with Crippen LogP contribution in [-0.4, -0.2) is 21.4 Å². The van der Waals surface area contributed by atoms with Crippen molar-refractivity contribution >= 4 is 0 Å². The van der Waals surface area contributed by atoms with Crippen molar-refractivity contribution in [2.75, 3.05) is 6.54 Å². The smallest absolute Gasteiger partial charge is 0.254 e. The van der Waals surface area contributed by atoms with Crippen molar-refractivity contribution in [2.45, 2.75) is 38.8 Å². The summed E-state index contributed by atoms with van der Waals surface area (Å²) in [5, 5.41) is 0. The summed E-state index contributed by atoms with van der Waals surface area (Å²) in [6, 6.07) is 6.86. The van der Waals surface area contributed by atoms with E-state index >= 15 is 0 Å². The molecule has 120 valence electrons. The molecule has 1 aromatic carbocycles. The van der Waals surface area contributed by atoms with Crippen molar-refractivity contribution < 1.29 is 4.39 Å². The van der Waals surface area contributed by atoms with Crippen molar-refractivity contribution in [2.24, 2.45) is 5.92 Å². The number of fused-ring (bicyclic) bond motifs is 1. The van der Waals surface area contributed by atoms with E-state index in [-0.39, 0.29) is 11.4 Å². The molecule has 4 rings (SSSR count). The fourth-order valence-corrected chi connectivity index (χ4v) is 3.24. The summed E-state index contributed by atoms with van der Waals surface area (Å²) in [6.45, 7) is 1.93. The summed E-state index contributed by atoms with van der Waals surface area (Å²) in [7, 11) is 0. The number of H-pyrrole nitrogens is 1. The highest BCUT2D eigenvalue weighted by Gasteiger charge is 2.25. The molecule has 1 saturated carbocycles. The molecule has 0 bridgehead atoms. The molecule has 1 aromatic heterocycles. The highest BCUT2D eigenvalue weighted by molar-refractivity contribution is 5.23. The van der Waals surface area contributed by atoms with Gasteiger partial charge in [0.25, 0.3) is 5.56 Å². The zero-order chi connectivity index (χ0) is 15.8. The first-order valence-electron chi connectivity index (χ1n) is 8.26. The maximum absolute atomic E-state index is 13.8. The van der Waals surface area contributed by atoms with E-state index in [0.29, 0.717) is 31.0 Å². The molecule has 5 heteroatoms. The minimum Gasteiger partial charge on any atom is -0.310 e. The van der Waals surface area contributed by atoms with Crippen LogP contribution in [0, 0.1) is 11.7 Å². The van der Waals surface area contributed by atoms with Crippen LogP contribution in [0.4, 0.5) is 4.39 Å². The molecule has 4 nitrogen and oxygen atoms in total. The monoisotopic (exact) mass is 313 g/mol. The van der Waals surface area contributed by atoms with Crippen LogP contribution in [0.1, 0.15) is 35.5 Å². The number of nitrogens with one attached hydrogen (secondary N) is 1. The topological polar surface area (TPSA) is 49.0 Å². The van der Waals surface area contributed by atoms with Gasteiger partial charge >= 0.3 is 0 Å². The fourth-order valence-electron chi connectivity index (χ4n) is 3.24. The van der Waals surface area contributed by atoms with Crippen LogP contribution in [0.25, 0.3) is 0 Å². The Morgan fingerprint density at radius 2 is 2.13 bits per heavy atom. The van der Waals surface area contributed by atoms with Gasteiger partial charge < -0.3 is 4.98 Å². The van der Waals surface area contributed by atoms with E-state index in [1.54, 1.807) is 6.07 Å². The van der Waals surface area contributed by atoms with Crippen molar-refractivity contribution in [3.8, 4) is 0 Å². The van der Waals surface area contributed by atoms with Gasteiger partial charge in [-0.15, -0.1) is 0 Å². The number of aromatic nitrogens is 2. The number of hydrogen-bond acceptors (Lipinski definition) is 3. The summed E-state index contributed by atoms with van der Waals surface area (Å²) in [6.07, 6.45) is 4.02. The molecule has 1 N–H and O–H groups in total. The van der Waals surface area contributed by atoms with Crippen LogP contribution in [0.5, 0.6) is 0 Å². The standard InChI is InChI=1S/C18H20FN3O/c19-15-4-2-1-3-13(15)10-22-8-7-14-16(11-22)20-17(21-18(14)23)9-12-5-6-12/h1-4,12H,5-11H2,(H,20,21,23). The molecule has 0 atom stereocenters. The lowest BCUT2D eigenvalue weighted by atomic mass is 10.1. The molecule has 2 heterocycles. The largest absolute Gasteiger partial charge is 0.310 e. The third-order valence-electron chi connectivity index (χ3n) is 4.73. The van der Waals surface area contributed by atoms with Crippen molar-refractivity contribution in [3.63, 3.8) is 0 Å². The predicted molar refractivity (Wildman–Crippen MR) is 85.5 cm³/mol. The number of nitrogens with zero attached hydrogens (tertiary/aromatic N) is 2. The predicted octanol–water partition coefficient (Wildman–Crippen LogP) is 2.42. The van der Waals surface area contributed by atoms with Gasteiger partial charge in [0.2, 0.25) is 0 Å². The lowest BCUT2D eigenvalue weighted by molar-refractivity contribution is 0.237. The Morgan fingerprint density at radius 3 is 2.91 bits per heavy atom. The maximum Gasteiger partial charge on any atom is 0.254 e. The fraction of sp³-hybridized carbons (Fsp3) is 0.444. The first kappa shape index (κ1) is 14.6. The first-order chi connectivity index (χ1) is 11.2. The van der Waals surface area contributed by atoms with E-state index < -0.39 is 0 Å². The number of halogens is 1. The Balaban J connectivity index is 1.54. The highest BCUT2D eigenvalue weighted by Crippen LogP contribution is 2.31. The van der Waals surface area contributed by atoms with Crippen LogP contribution in [0.3, 0.4) is 0 Å². The van der Waals surface area contributed by atoms with Gasteiger partial charge in [-0.05, 0) is 31.2 Å². The molecule has 2 aromatic rings. The second kappa shape index (κ2) is 5.89. The van der Waals surface area contributed by atoms with E-state index in [9.17, 15) is 9.18 Å². The molecule has 0 unspecified atom stereocenters. The zero-order valence-corrected chi connectivity index (χ0v) is 13.0. The van der Waals surface area contributed by atoms with E-state index in [4.69, 9.17) is 0 Å². The van der Waals surface area contributed by atoms with E-state index in [1.807, 2.05) is 12.1 Å². The van der Waals surface area contributed by atoms with Crippen LogP contribution in [0.2, 0.25) is 0 Å². The summed E-state index contributed by atoms with van der Waals surface area (Å²) in [5.41, 5.74) is 2.37. The zero-order valence-electron chi connectivity index (χ0n) is 13.0. The van der Waals surface area contributed by atoms with Gasteiger partial charge in [-0.1, -0.05) is 18.2 Å². The molecule has 1 aliphatic carbocycles. The molecule has 0 saturated heterocycles. The Bertz CT molecular complexity index is 782. The average molecular weight is 313 g/mol. The van der Waals surface area contributed by atoms with Crippen LogP contribution >= 0.6 is 0 Å². The molecule has 1 aliphatic heterocycles.